The molecule has 0 spiro atoms. The Morgan fingerprint density at radius 3 is 1.00 bits per heavy atom. The van der Waals surface area contributed by atoms with Crippen molar-refractivity contribution in [3.63, 3.8) is 0 Å². The fraction of sp³-hybridized carbons (Fsp3) is 0.941. The minimum atomic E-state index is -0.761. The minimum absolute atomic E-state index is 0.0642. The lowest BCUT2D eigenvalue weighted by Crippen LogP contribution is -2.30. The summed E-state index contributed by atoms with van der Waals surface area (Å²) in [5.74, 6) is 0.812. The van der Waals surface area contributed by atoms with Crippen LogP contribution in [-0.4, -0.2) is 37.2 Å². The van der Waals surface area contributed by atoms with Gasteiger partial charge in [0.1, 0.15) is 13.2 Å². The summed E-state index contributed by atoms with van der Waals surface area (Å²) >= 11 is 0. The van der Waals surface area contributed by atoms with Crippen LogP contribution < -0.4 is 0 Å². The van der Waals surface area contributed by atoms with Crippen LogP contribution in [0.5, 0.6) is 0 Å². The zero-order chi connectivity index (χ0) is 41.9. The molecule has 57 heavy (non-hydrogen) atoms. The Labute approximate surface area is 355 Å². The largest absolute Gasteiger partial charge is 0.462 e. The lowest BCUT2D eigenvalue weighted by atomic mass is 9.99. The highest BCUT2D eigenvalue weighted by atomic mass is 16.6. The molecule has 1 unspecified atom stereocenters. The number of hydrogen-bond donors (Lipinski definition) is 0. The summed E-state index contributed by atoms with van der Waals surface area (Å²) in [7, 11) is 0. The maximum Gasteiger partial charge on any atom is 0.306 e. The molecule has 2 atom stereocenters. The van der Waals surface area contributed by atoms with Crippen LogP contribution in [0.2, 0.25) is 0 Å². The Balaban J connectivity index is 4.33. The van der Waals surface area contributed by atoms with Crippen LogP contribution in [-0.2, 0) is 28.6 Å². The predicted molar refractivity (Wildman–Crippen MR) is 243 cm³/mol. The molecule has 0 bridgehead atoms. The minimum Gasteiger partial charge on any atom is -0.462 e. The molecule has 0 amide bonds. The van der Waals surface area contributed by atoms with Crippen LogP contribution in [0.4, 0.5) is 0 Å². The molecule has 0 aliphatic carbocycles. The van der Waals surface area contributed by atoms with E-state index in [0.717, 1.165) is 69.6 Å². The van der Waals surface area contributed by atoms with E-state index in [1.807, 2.05) is 0 Å². The molecule has 0 aliphatic heterocycles. The van der Waals surface area contributed by atoms with Crippen LogP contribution in [0.1, 0.15) is 279 Å². The second-order valence-electron chi connectivity index (χ2n) is 18.2. The molecule has 0 aromatic rings. The topological polar surface area (TPSA) is 78.9 Å². The molecule has 0 rings (SSSR count). The van der Waals surface area contributed by atoms with Gasteiger partial charge < -0.3 is 14.2 Å². The predicted octanol–water partition coefficient (Wildman–Crippen LogP) is 16.1. The lowest BCUT2D eigenvalue weighted by Gasteiger charge is -2.18. The quantitative estimate of drug-likeness (QED) is 0.0346. The Hall–Kier alpha value is -1.59. The molecule has 6 heteroatoms. The van der Waals surface area contributed by atoms with Crippen LogP contribution in [0.3, 0.4) is 0 Å². The molecule has 0 aliphatic rings. The van der Waals surface area contributed by atoms with Crippen molar-refractivity contribution in [2.75, 3.05) is 13.2 Å². The van der Waals surface area contributed by atoms with E-state index in [2.05, 4.69) is 34.6 Å². The molecular weight excluding hydrogens is 709 g/mol. The van der Waals surface area contributed by atoms with Gasteiger partial charge in [0, 0.05) is 19.3 Å². The number of hydrogen-bond acceptors (Lipinski definition) is 6. The molecular formula is C51H98O6. The molecule has 6 nitrogen and oxygen atoms in total. The van der Waals surface area contributed by atoms with Crippen molar-refractivity contribution in [1.82, 2.24) is 0 Å². The maximum absolute atomic E-state index is 12.8. The van der Waals surface area contributed by atoms with Crippen LogP contribution in [0, 0.1) is 11.8 Å². The summed E-state index contributed by atoms with van der Waals surface area (Å²) in [6.45, 7) is 11.4. The van der Waals surface area contributed by atoms with Crippen molar-refractivity contribution < 1.29 is 28.6 Å². The molecule has 0 N–H and O–H groups in total. The SMILES string of the molecule is CCCCCCCCCCCCCCCCC(=O)OC[C@@H](COC(=O)CCCCCCCCCCC(C)C)OC(=O)CCCCCCCCCCCCC(C)CC. The highest BCUT2D eigenvalue weighted by molar-refractivity contribution is 5.71. The third-order valence-electron chi connectivity index (χ3n) is 11.8. The highest BCUT2D eigenvalue weighted by Gasteiger charge is 2.19. The van der Waals surface area contributed by atoms with Crippen molar-refractivity contribution in [2.24, 2.45) is 11.8 Å². The summed E-state index contributed by atoms with van der Waals surface area (Å²) in [6.07, 6.45) is 43.7. The third-order valence-corrected chi connectivity index (χ3v) is 11.8. The fourth-order valence-corrected chi connectivity index (χ4v) is 7.60. The second-order valence-corrected chi connectivity index (χ2v) is 18.2. The van der Waals surface area contributed by atoms with Gasteiger partial charge in [-0.25, -0.2) is 0 Å². The lowest BCUT2D eigenvalue weighted by molar-refractivity contribution is -0.167. The number of esters is 3. The normalized spacial score (nSPS) is 12.5. The van der Waals surface area contributed by atoms with Gasteiger partial charge in [-0.1, -0.05) is 240 Å². The number of unbranched alkanes of at least 4 members (excludes halogenated alkanes) is 29. The molecule has 0 saturated carbocycles. The molecule has 0 aromatic heterocycles. The third kappa shape index (κ3) is 43.8. The first-order valence-corrected chi connectivity index (χ1v) is 25.3. The first-order valence-electron chi connectivity index (χ1n) is 25.3. The maximum atomic E-state index is 12.8. The van der Waals surface area contributed by atoms with Gasteiger partial charge in [-0.2, -0.15) is 0 Å². The van der Waals surface area contributed by atoms with E-state index in [-0.39, 0.29) is 31.1 Å². The van der Waals surface area contributed by atoms with Gasteiger partial charge in [-0.3, -0.25) is 14.4 Å². The average Bonchev–Trinajstić information content (AvgIpc) is 3.19. The average molecular weight is 807 g/mol. The van der Waals surface area contributed by atoms with E-state index in [4.69, 9.17) is 14.2 Å². The zero-order valence-corrected chi connectivity index (χ0v) is 39.0. The summed E-state index contributed by atoms with van der Waals surface area (Å²) in [5.41, 5.74) is 0. The van der Waals surface area contributed by atoms with Crippen LogP contribution >= 0.6 is 0 Å². The van der Waals surface area contributed by atoms with Crippen LogP contribution in [0.25, 0.3) is 0 Å². The van der Waals surface area contributed by atoms with Gasteiger partial charge in [0.2, 0.25) is 0 Å². The number of rotatable bonds is 45. The fourth-order valence-electron chi connectivity index (χ4n) is 7.60. The number of carbonyl (C=O) groups excluding carboxylic acids is 3. The van der Waals surface area contributed by atoms with E-state index in [9.17, 15) is 14.4 Å². The molecule has 0 heterocycles. The first kappa shape index (κ1) is 55.4. The Bertz CT molecular complexity index is 872. The van der Waals surface area contributed by atoms with Gasteiger partial charge in [-0.15, -0.1) is 0 Å². The zero-order valence-electron chi connectivity index (χ0n) is 39.0. The molecule has 0 saturated heterocycles. The van der Waals surface area contributed by atoms with E-state index in [0.29, 0.717) is 19.3 Å². The molecule has 0 radical (unpaired) electrons. The Morgan fingerprint density at radius 1 is 0.368 bits per heavy atom. The summed E-state index contributed by atoms with van der Waals surface area (Å²) in [5, 5.41) is 0. The first-order chi connectivity index (χ1) is 27.8. The van der Waals surface area contributed by atoms with Crippen molar-refractivity contribution in [2.45, 2.75) is 285 Å². The Morgan fingerprint density at radius 2 is 0.667 bits per heavy atom. The monoisotopic (exact) mass is 807 g/mol. The van der Waals surface area contributed by atoms with Gasteiger partial charge in [0.15, 0.2) is 6.10 Å². The van der Waals surface area contributed by atoms with Gasteiger partial charge in [0.25, 0.3) is 0 Å². The van der Waals surface area contributed by atoms with Crippen molar-refractivity contribution in [1.29, 1.82) is 0 Å². The van der Waals surface area contributed by atoms with Gasteiger partial charge in [0.05, 0.1) is 0 Å². The summed E-state index contributed by atoms with van der Waals surface area (Å²) in [6, 6.07) is 0. The van der Waals surface area contributed by atoms with E-state index in [1.54, 1.807) is 0 Å². The smallest absolute Gasteiger partial charge is 0.306 e. The number of carbonyl (C=O) groups is 3. The highest BCUT2D eigenvalue weighted by Crippen LogP contribution is 2.18. The summed E-state index contributed by atoms with van der Waals surface area (Å²) in [4.78, 5) is 37.9. The number of ether oxygens (including phenoxy) is 3. The van der Waals surface area contributed by atoms with E-state index < -0.39 is 6.10 Å². The van der Waals surface area contributed by atoms with E-state index >= 15 is 0 Å². The second kappa shape index (κ2) is 44.0. The molecule has 0 fully saturated rings. The van der Waals surface area contributed by atoms with Gasteiger partial charge >= 0.3 is 17.9 Å². The van der Waals surface area contributed by atoms with Crippen LogP contribution in [0.15, 0.2) is 0 Å². The molecule has 338 valence electrons. The van der Waals surface area contributed by atoms with Crippen molar-refractivity contribution >= 4 is 17.9 Å². The van der Waals surface area contributed by atoms with Gasteiger partial charge in [-0.05, 0) is 31.1 Å². The van der Waals surface area contributed by atoms with E-state index in [1.165, 1.54) is 167 Å². The standard InChI is InChI=1S/C51H98O6/c1-6-8-9-10-11-12-13-14-15-16-20-26-31-36-41-49(52)55-44-48(45-56-50(53)42-37-32-27-23-22-24-29-34-39-46(3)4)57-51(54)43-38-33-28-21-18-17-19-25-30-35-40-47(5)7-2/h46-48H,6-45H2,1-5H3/t47?,48-/m0/s1. The van der Waals surface area contributed by atoms with Crippen molar-refractivity contribution in [3.8, 4) is 0 Å². The molecule has 0 aromatic carbocycles. The summed E-state index contributed by atoms with van der Waals surface area (Å²) < 4.78 is 16.8. The Kier molecular flexibility index (Phi) is 42.7. The van der Waals surface area contributed by atoms with Crippen molar-refractivity contribution in [3.05, 3.63) is 0 Å².